The number of hydrogen-bond donors (Lipinski definition) is 3. The van der Waals surface area contributed by atoms with Gasteiger partial charge in [-0.1, -0.05) is 0 Å². The lowest BCUT2D eigenvalue weighted by molar-refractivity contribution is -0.0980. The first-order valence-corrected chi connectivity index (χ1v) is 11.5. The molecule has 3 heterocycles. The molecular formula is C19H21F2N2O8PS. The summed E-state index contributed by atoms with van der Waals surface area (Å²) in [5.41, 5.74) is -2.46. The van der Waals surface area contributed by atoms with Crippen LogP contribution >= 0.6 is 20.0 Å². The first-order chi connectivity index (χ1) is 16.2. The number of halogens is 2. The van der Waals surface area contributed by atoms with Gasteiger partial charge in [-0.3, -0.25) is 27.9 Å². The number of nitrogens with one attached hydrogen (secondary N) is 1. The third kappa shape index (κ3) is 5.00. The number of aromatic amines is 1. The highest BCUT2D eigenvalue weighted by atomic mass is 32.1. The second-order valence-electron chi connectivity index (χ2n) is 7.74. The van der Waals surface area contributed by atoms with Gasteiger partial charge in [-0.2, -0.15) is 0 Å². The summed E-state index contributed by atoms with van der Waals surface area (Å²) >= 11 is 5.04. The van der Waals surface area contributed by atoms with E-state index in [2.05, 4.69) is 4.98 Å². The second-order valence-corrected chi connectivity index (χ2v) is 9.72. The van der Waals surface area contributed by atoms with Gasteiger partial charge in [-0.15, -0.1) is 0 Å². The fourth-order valence-electron chi connectivity index (χ4n) is 3.48. The van der Waals surface area contributed by atoms with Crippen molar-refractivity contribution in [2.75, 3.05) is 19.8 Å². The number of hydrogen-bond acceptors (Lipinski definition) is 9. The van der Waals surface area contributed by atoms with Crippen molar-refractivity contribution in [3.05, 3.63) is 62.8 Å². The zero-order chi connectivity index (χ0) is 25.8. The molecule has 0 radical (unpaired) electrons. The van der Waals surface area contributed by atoms with Crippen molar-refractivity contribution in [1.29, 1.82) is 0 Å². The minimum absolute atomic E-state index is 0.163. The van der Waals surface area contributed by atoms with Crippen molar-refractivity contribution in [3.8, 4) is 0 Å². The van der Waals surface area contributed by atoms with Gasteiger partial charge in [-0.25, -0.2) is 13.3 Å². The van der Waals surface area contributed by atoms with E-state index in [0.717, 1.165) is 29.7 Å². The summed E-state index contributed by atoms with van der Waals surface area (Å²) in [5.74, 6) is -2.35. The summed E-state index contributed by atoms with van der Waals surface area (Å²) in [5, 5.41) is 21.5. The average Bonchev–Trinajstić information content (AvgIpc) is 2.97. The number of H-pyrrole nitrogens is 1. The molecule has 1 unspecified atom stereocenters. The van der Waals surface area contributed by atoms with Crippen LogP contribution in [0.25, 0.3) is 0 Å². The maximum Gasteiger partial charge on any atom is 0.474 e. The van der Waals surface area contributed by atoms with Gasteiger partial charge in [0.05, 0.1) is 22.5 Å². The van der Waals surface area contributed by atoms with Crippen molar-refractivity contribution in [2.45, 2.75) is 36.9 Å². The third-order valence-electron chi connectivity index (χ3n) is 5.27. The second kappa shape index (κ2) is 9.08. The summed E-state index contributed by atoms with van der Waals surface area (Å²) in [6.45, 7) is -2.59. The SMILES string of the molecule is [2H]C([2H])(OP1(=O)OCC(c2cc(F)cc(F)c2)CO1)[C@H]1O[C@@H](n2ccc(=O)[nH]c2=S)C(C)(O)[C@H]1O. The number of aromatic nitrogens is 2. The molecule has 4 rings (SSSR count). The molecule has 14 heteroatoms. The molecule has 2 saturated heterocycles. The lowest BCUT2D eigenvalue weighted by Crippen LogP contribution is -2.44. The van der Waals surface area contributed by atoms with E-state index in [1.807, 2.05) is 0 Å². The molecule has 1 aromatic carbocycles. The minimum Gasteiger partial charge on any atom is -0.387 e. The Morgan fingerprint density at radius 3 is 2.61 bits per heavy atom. The predicted molar refractivity (Wildman–Crippen MR) is 111 cm³/mol. The summed E-state index contributed by atoms with van der Waals surface area (Å²) in [6.07, 6.45) is -4.07. The fourth-order valence-corrected chi connectivity index (χ4v) is 4.87. The Morgan fingerprint density at radius 2 is 2.00 bits per heavy atom. The molecule has 10 nitrogen and oxygen atoms in total. The van der Waals surface area contributed by atoms with Gasteiger partial charge >= 0.3 is 7.82 Å². The standard InChI is InChI=1S/C19H21F2N2O8PS/c1-19(26)16(25)14(31-17(19)23-3-2-15(24)22-18(23)33)9-30-32(27)28-7-11(8-29-32)10-4-12(20)6-13(21)5-10/h2-6,11,14,16-17,25-26H,7-9H2,1H3,(H,22,24,33)/t11?,14-,16+,17-,19?,32?/m1/s1/i9D2. The van der Waals surface area contributed by atoms with Gasteiger partial charge in [0.2, 0.25) is 0 Å². The van der Waals surface area contributed by atoms with E-state index in [1.54, 1.807) is 0 Å². The summed E-state index contributed by atoms with van der Waals surface area (Å²) in [7, 11) is -4.56. The number of nitrogens with zero attached hydrogens (tertiary/aromatic N) is 1. The normalized spacial score (nSPS) is 35.8. The molecule has 3 N–H and O–H groups in total. The van der Waals surface area contributed by atoms with Crippen molar-refractivity contribution >= 4 is 20.0 Å². The highest BCUT2D eigenvalue weighted by molar-refractivity contribution is 7.71. The van der Waals surface area contributed by atoms with Crippen LogP contribution in [0.15, 0.2) is 35.3 Å². The van der Waals surface area contributed by atoms with E-state index in [-0.39, 0.29) is 23.5 Å². The van der Waals surface area contributed by atoms with Crippen molar-refractivity contribution in [3.63, 3.8) is 0 Å². The van der Waals surface area contributed by atoms with Gasteiger partial charge in [0, 0.05) is 24.2 Å². The minimum atomic E-state index is -4.56. The lowest BCUT2D eigenvalue weighted by Gasteiger charge is -2.29. The predicted octanol–water partition coefficient (Wildman–Crippen LogP) is 2.15. The van der Waals surface area contributed by atoms with E-state index in [4.69, 9.17) is 33.3 Å². The molecule has 180 valence electrons. The van der Waals surface area contributed by atoms with Crippen LogP contribution in [-0.2, 0) is 22.9 Å². The van der Waals surface area contributed by atoms with Crippen LogP contribution in [0.3, 0.4) is 0 Å². The quantitative estimate of drug-likeness (QED) is 0.411. The van der Waals surface area contributed by atoms with Crippen LogP contribution in [0, 0.1) is 16.4 Å². The van der Waals surface area contributed by atoms with Gasteiger partial charge < -0.3 is 14.9 Å². The Morgan fingerprint density at radius 1 is 1.36 bits per heavy atom. The Hall–Kier alpha value is -1.83. The molecule has 0 spiro atoms. The summed E-state index contributed by atoms with van der Waals surface area (Å²) in [6, 6.07) is 3.89. The molecule has 2 fully saturated rings. The van der Waals surface area contributed by atoms with E-state index in [9.17, 15) is 28.4 Å². The van der Waals surface area contributed by atoms with Gasteiger partial charge in [0.25, 0.3) is 5.56 Å². The zero-order valence-corrected chi connectivity index (χ0v) is 18.7. The molecule has 33 heavy (non-hydrogen) atoms. The molecule has 0 amide bonds. The smallest absolute Gasteiger partial charge is 0.387 e. The van der Waals surface area contributed by atoms with Crippen molar-refractivity contribution < 1.29 is 44.6 Å². The maximum atomic E-state index is 13.5. The van der Waals surface area contributed by atoms with Crippen molar-refractivity contribution in [2.24, 2.45) is 0 Å². The molecule has 2 aliphatic rings. The third-order valence-corrected chi connectivity index (χ3v) is 6.84. The van der Waals surface area contributed by atoms with Crippen molar-refractivity contribution in [1.82, 2.24) is 9.55 Å². The molecule has 4 atom stereocenters. The number of rotatable bonds is 5. The van der Waals surface area contributed by atoms with Crippen LogP contribution in [-0.4, -0.2) is 57.3 Å². The Bertz CT molecular complexity index is 1260. The number of phosphoric acid groups is 1. The Kier molecular flexibility index (Phi) is 5.97. The molecule has 1 aromatic heterocycles. The van der Waals surface area contributed by atoms with E-state index in [0.29, 0.717) is 6.07 Å². The molecule has 2 aliphatic heterocycles. The van der Waals surface area contributed by atoms with Crippen LogP contribution in [0.4, 0.5) is 8.78 Å². The number of phosphoric ester groups is 1. The highest BCUT2D eigenvalue weighted by Crippen LogP contribution is 2.54. The molecule has 0 aliphatic carbocycles. The maximum absolute atomic E-state index is 13.5. The van der Waals surface area contributed by atoms with E-state index < -0.39 is 61.5 Å². The van der Waals surface area contributed by atoms with Crippen LogP contribution in [0.2, 0.25) is 0 Å². The molecule has 0 saturated carbocycles. The fraction of sp³-hybridized carbons (Fsp3) is 0.474. The number of benzene rings is 1. The molecular weight excluding hydrogens is 485 g/mol. The van der Waals surface area contributed by atoms with Crippen LogP contribution < -0.4 is 5.56 Å². The monoisotopic (exact) mass is 508 g/mol. The first-order valence-electron chi connectivity index (χ1n) is 10.6. The Balaban J connectivity index is 1.50. The Labute approximate surface area is 194 Å². The summed E-state index contributed by atoms with van der Waals surface area (Å²) in [4.78, 5) is 13.8. The lowest BCUT2D eigenvalue weighted by atomic mass is 9.96. The zero-order valence-electron chi connectivity index (χ0n) is 19.0. The van der Waals surface area contributed by atoms with E-state index >= 15 is 0 Å². The molecule has 0 bridgehead atoms. The van der Waals surface area contributed by atoms with Gasteiger partial charge in [0.1, 0.15) is 29.4 Å². The van der Waals surface area contributed by atoms with Crippen LogP contribution in [0.1, 0.15) is 27.4 Å². The van der Waals surface area contributed by atoms with Crippen LogP contribution in [0.5, 0.6) is 0 Å². The van der Waals surface area contributed by atoms with Gasteiger partial charge in [0.15, 0.2) is 11.0 Å². The average molecular weight is 508 g/mol. The largest absolute Gasteiger partial charge is 0.474 e. The molecule has 2 aromatic rings. The number of aliphatic hydroxyl groups is 2. The number of aliphatic hydroxyl groups excluding tert-OH is 1. The van der Waals surface area contributed by atoms with Gasteiger partial charge in [-0.05, 0) is 36.8 Å². The summed E-state index contributed by atoms with van der Waals surface area (Å²) < 4.78 is 78.0. The number of ether oxygens (including phenoxy) is 1. The first kappa shape index (κ1) is 21.7. The highest BCUT2D eigenvalue weighted by Gasteiger charge is 2.54. The van der Waals surface area contributed by atoms with E-state index in [1.165, 1.54) is 6.20 Å². The topological polar surface area (TPSA) is 132 Å².